The average Bonchev–Trinajstić information content (AvgIpc) is 2.48. The van der Waals surface area contributed by atoms with E-state index in [1.807, 2.05) is 0 Å². The molecule has 0 radical (unpaired) electrons. The fourth-order valence-electron chi connectivity index (χ4n) is 3.44. The van der Waals surface area contributed by atoms with E-state index in [2.05, 4.69) is 57.7 Å². The predicted molar refractivity (Wildman–Crippen MR) is 95.8 cm³/mol. The standard InChI is InChI=1S/C20H33NO/c1-6-7-8-9-10-19-11-12-20(13-15(19)2)21-14-16(3)22-18(5)17(21)4/h11-13,16-18H,6-10,14H2,1-5H3/t16-,17?,18+/m0/s1. The van der Waals surface area contributed by atoms with Gasteiger partial charge < -0.3 is 9.64 Å². The Balaban J connectivity index is 2.04. The molecule has 0 aromatic heterocycles. The molecule has 0 spiro atoms. The second-order valence-electron chi connectivity index (χ2n) is 6.97. The average molecular weight is 303 g/mol. The van der Waals surface area contributed by atoms with Crippen molar-refractivity contribution in [3.05, 3.63) is 29.3 Å². The van der Waals surface area contributed by atoms with Crippen molar-refractivity contribution in [2.45, 2.75) is 85.0 Å². The fourth-order valence-corrected chi connectivity index (χ4v) is 3.44. The van der Waals surface area contributed by atoms with Gasteiger partial charge in [0.1, 0.15) is 0 Å². The lowest BCUT2D eigenvalue weighted by Crippen LogP contribution is -2.52. The molecule has 2 nitrogen and oxygen atoms in total. The van der Waals surface area contributed by atoms with Crippen molar-refractivity contribution in [2.75, 3.05) is 11.4 Å². The van der Waals surface area contributed by atoms with Crippen LogP contribution in [0.3, 0.4) is 0 Å². The molecular weight excluding hydrogens is 270 g/mol. The molecular formula is C20H33NO. The van der Waals surface area contributed by atoms with E-state index >= 15 is 0 Å². The van der Waals surface area contributed by atoms with E-state index in [0.29, 0.717) is 12.1 Å². The molecule has 1 aromatic carbocycles. The highest BCUT2D eigenvalue weighted by atomic mass is 16.5. The molecule has 0 saturated carbocycles. The van der Waals surface area contributed by atoms with Crippen molar-refractivity contribution in [3.63, 3.8) is 0 Å². The summed E-state index contributed by atoms with van der Waals surface area (Å²) >= 11 is 0. The number of hydrogen-bond acceptors (Lipinski definition) is 2. The first-order valence-corrected chi connectivity index (χ1v) is 9.04. The Morgan fingerprint density at radius 3 is 2.59 bits per heavy atom. The molecule has 124 valence electrons. The maximum Gasteiger partial charge on any atom is 0.0751 e. The second-order valence-corrected chi connectivity index (χ2v) is 6.97. The van der Waals surface area contributed by atoms with E-state index in [9.17, 15) is 0 Å². The van der Waals surface area contributed by atoms with Crippen molar-refractivity contribution >= 4 is 5.69 Å². The summed E-state index contributed by atoms with van der Waals surface area (Å²) < 4.78 is 5.94. The normalized spacial score (nSPS) is 25.5. The Hall–Kier alpha value is -1.02. The quantitative estimate of drug-likeness (QED) is 0.676. The zero-order valence-electron chi connectivity index (χ0n) is 15.1. The summed E-state index contributed by atoms with van der Waals surface area (Å²) in [6.45, 7) is 12.1. The highest BCUT2D eigenvalue weighted by molar-refractivity contribution is 5.52. The van der Waals surface area contributed by atoms with Gasteiger partial charge in [0.05, 0.1) is 18.2 Å². The van der Waals surface area contributed by atoms with Gasteiger partial charge in [0.15, 0.2) is 0 Å². The van der Waals surface area contributed by atoms with Crippen molar-refractivity contribution in [3.8, 4) is 0 Å². The largest absolute Gasteiger partial charge is 0.372 e. The van der Waals surface area contributed by atoms with E-state index in [-0.39, 0.29) is 6.10 Å². The van der Waals surface area contributed by atoms with Gasteiger partial charge in [-0.3, -0.25) is 0 Å². The molecule has 1 heterocycles. The SMILES string of the molecule is CCCCCCc1ccc(N2C[C@H](C)O[C@H](C)C2C)cc1C. The summed E-state index contributed by atoms with van der Waals surface area (Å²) in [4.78, 5) is 2.51. The van der Waals surface area contributed by atoms with E-state index in [1.54, 1.807) is 0 Å². The van der Waals surface area contributed by atoms with Gasteiger partial charge in [-0.05, 0) is 63.8 Å². The predicted octanol–water partition coefficient (Wildman–Crippen LogP) is 5.12. The molecule has 3 atom stereocenters. The first kappa shape index (κ1) is 17.3. The topological polar surface area (TPSA) is 12.5 Å². The van der Waals surface area contributed by atoms with E-state index in [0.717, 1.165) is 6.54 Å². The van der Waals surface area contributed by atoms with Crippen molar-refractivity contribution in [1.82, 2.24) is 0 Å². The van der Waals surface area contributed by atoms with E-state index in [4.69, 9.17) is 4.74 Å². The molecule has 0 N–H and O–H groups in total. The van der Waals surface area contributed by atoms with Crippen LogP contribution in [0.5, 0.6) is 0 Å². The first-order valence-electron chi connectivity index (χ1n) is 9.04. The van der Waals surface area contributed by atoms with Crippen LogP contribution in [-0.4, -0.2) is 24.8 Å². The van der Waals surface area contributed by atoms with Gasteiger partial charge in [0.25, 0.3) is 0 Å². The lowest BCUT2D eigenvalue weighted by atomic mass is 9.99. The number of hydrogen-bond donors (Lipinski definition) is 0. The molecule has 22 heavy (non-hydrogen) atoms. The number of ether oxygens (including phenoxy) is 1. The Morgan fingerprint density at radius 1 is 1.14 bits per heavy atom. The fraction of sp³-hybridized carbons (Fsp3) is 0.700. The van der Waals surface area contributed by atoms with Crippen LogP contribution in [0, 0.1) is 6.92 Å². The summed E-state index contributed by atoms with van der Waals surface area (Å²) in [5.74, 6) is 0. The molecule has 0 amide bonds. The second kappa shape index (κ2) is 8.01. The van der Waals surface area contributed by atoms with Gasteiger partial charge >= 0.3 is 0 Å². The number of aryl methyl sites for hydroxylation is 2. The van der Waals surface area contributed by atoms with Crippen LogP contribution >= 0.6 is 0 Å². The van der Waals surface area contributed by atoms with Crippen LogP contribution in [0.25, 0.3) is 0 Å². The summed E-state index contributed by atoms with van der Waals surface area (Å²) in [5, 5.41) is 0. The summed E-state index contributed by atoms with van der Waals surface area (Å²) in [5.41, 5.74) is 4.30. The lowest BCUT2D eigenvalue weighted by Gasteiger charge is -2.42. The monoisotopic (exact) mass is 303 g/mol. The highest BCUT2D eigenvalue weighted by Crippen LogP contribution is 2.27. The smallest absolute Gasteiger partial charge is 0.0751 e. The third kappa shape index (κ3) is 4.25. The van der Waals surface area contributed by atoms with Gasteiger partial charge in [-0.1, -0.05) is 32.3 Å². The first-order chi connectivity index (χ1) is 10.5. The van der Waals surface area contributed by atoms with Gasteiger partial charge in [-0.25, -0.2) is 0 Å². The Kier molecular flexibility index (Phi) is 6.31. The van der Waals surface area contributed by atoms with Crippen molar-refractivity contribution in [2.24, 2.45) is 0 Å². The number of unbranched alkanes of at least 4 members (excludes halogenated alkanes) is 3. The van der Waals surface area contributed by atoms with Gasteiger partial charge in [0, 0.05) is 12.2 Å². The number of nitrogens with zero attached hydrogens (tertiary/aromatic N) is 1. The molecule has 0 bridgehead atoms. The van der Waals surface area contributed by atoms with E-state index < -0.39 is 0 Å². The molecule has 1 aromatic rings. The Morgan fingerprint density at radius 2 is 1.91 bits per heavy atom. The molecule has 2 rings (SSSR count). The summed E-state index contributed by atoms with van der Waals surface area (Å²) in [6.07, 6.45) is 7.15. The van der Waals surface area contributed by atoms with Crippen molar-refractivity contribution < 1.29 is 4.74 Å². The molecule has 1 fully saturated rings. The van der Waals surface area contributed by atoms with Gasteiger partial charge in [0.2, 0.25) is 0 Å². The maximum absolute atomic E-state index is 5.94. The summed E-state index contributed by atoms with van der Waals surface area (Å²) in [7, 11) is 0. The number of benzene rings is 1. The molecule has 1 aliphatic heterocycles. The lowest BCUT2D eigenvalue weighted by molar-refractivity contribution is -0.0257. The Labute approximate surface area is 136 Å². The minimum Gasteiger partial charge on any atom is -0.372 e. The van der Waals surface area contributed by atoms with Crippen LogP contribution in [0.2, 0.25) is 0 Å². The molecule has 2 heteroatoms. The number of rotatable bonds is 6. The van der Waals surface area contributed by atoms with Gasteiger partial charge in [-0.15, -0.1) is 0 Å². The highest BCUT2D eigenvalue weighted by Gasteiger charge is 2.29. The van der Waals surface area contributed by atoms with Crippen LogP contribution < -0.4 is 4.90 Å². The van der Waals surface area contributed by atoms with Crippen LogP contribution in [0.4, 0.5) is 5.69 Å². The molecule has 1 saturated heterocycles. The van der Waals surface area contributed by atoms with Crippen LogP contribution in [0.1, 0.15) is 64.5 Å². The molecule has 0 aliphatic carbocycles. The Bertz CT molecular complexity index is 471. The maximum atomic E-state index is 5.94. The molecule has 1 aliphatic rings. The number of anilines is 1. The third-order valence-electron chi connectivity index (χ3n) is 5.03. The van der Waals surface area contributed by atoms with E-state index in [1.165, 1.54) is 48.9 Å². The van der Waals surface area contributed by atoms with Crippen LogP contribution in [0.15, 0.2) is 18.2 Å². The minimum atomic E-state index is 0.290. The minimum absolute atomic E-state index is 0.290. The summed E-state index contributed by atoms with van der Waals surface area (Å²) in [6, 6.07) is 7.46. The number of morpholine rings is 1. The third-order valence-corrected chi connectivity index (χ3v) is 5.03. The van der Waals surface area contributed by atoms with Crippen LogP contribution in [-0.2, 0) is 11.2 Å². The van der Waals surface area contributed by atoms with Crippen molar-refractivity contribution in [1.29, 1.82) is 0 Å². The zero-order chi connectivity index (χ0) is 16.1. The molecule has 1 unspecified atom stereocenters. The zero-order valence-corrected chi connectivity index (χ0v) is 15.1. The van der Waals surface area contributed by atoms with Gasteiger partial charge in [-0.2, -0.15) is 0 Å².